The summed E-state index contributed by atoms with van der Waals surface area (Å²) < 4.78 is 1.01. The van der Waals surface area contributed by atoms with Crippen molar-refractivity contribution in [2.45, 2.75) is 19.4 Å². The van der Waals surface area contributed by atoms with Crippen molar-refractivity contribution in [3.05, 3.63) is 64.6 Å². The van der Waals surface area contributed by atoms with Gasteiger partial charge >= 0.3 is 6.03 Å². The smallest absolute Gasteiger partial charge is 0.308 e. The molecule has 0 heterocycles. The van der Waals surface area contributed by atoms with E-state index >= 15 is 0 Å². The summed E-state index contributed by atoms with van der Waals surface area (Å²) in [7, 11) is 0. The predicted molar refractivity (Wildman–Crippen MR) is 98.8 cm³/mol. The molecular formula is C18H20BrN3O2. The molecular weight excluding hydrogens is 370 g/mol. The quantitative estimate of drug-likeness (QED) is 0.702. The summed E-state index contributed by atoms with van der Waals surface area (Å²) in [5.74, 6) is -0.376. The summed E-state index contributed by atoms with van der Waals surface area (Å²) in [5, 5.41) is 8.08. The van der Waals surface area contributed by atoms with E-state index in [1.807, 2.05) is 49.4 Å². The Morgan fingerprint density at radius 1 is 1.04 bits per heavy atom. The van der Waals surface area contributed by atoms with Crippen molar-refractivity contribution in [1.82, 2.24) is 10.6 Å². The molecule has 0 fully saturated rings. The second-order valence-electron chi connectivity index (χ2n) is 5.26. The van der Waals surface area contributed by atoms with Gasteiger partial charge in [-0.1, -0.05) is 53.2 Å². The van der Waals surface area contributed by atoms with Gasteiger partial charge in [-0.25, -0.2) is 4.79 Å². The molecule has 0 bridgehead atoms. The van der Waals surface area contributed by atoms with Crippen LogP contribution in [0, 0.1) is 0 Å². The minimum atomic E-state index is -0.537. The lowest BCUT2D eigenvalue weighted by molar-refractivity contribution is -0.119. The topological polar surface area (TPSA) is 70.2 Å². The first-order valence-corrected chi connectivity index (χ1v) is 8.52. The lowest BCUT2D eigenvalue weighted by atomic mass is 10.0. The van der Waals surface area contributed by atoms with E-state index in [1.54, 1.807) is 12.1 Å². The number of imide groups is 1. The first kappa shape index (κ1) is 18.2. The van der Waals surface area contributed by atoms with Gasteiger partial charge in [0.1, 0.15) is 0 Å². The fraction of sp³-hybridized carbons (Fsp3) is 0.222. The van der Waals surface area contributed by atoms with Crippen LogP contribution in [-0.4, -0.2) is 18.5 Å². The third-order valence-electron chi connectivity index (χ3n) is 3.47. The van der Waals surface area contributed by atoms with Crippen LogP contribution in [0.2, 0.25) is 0 Å². The molecule has 6 heteroatoms. The van der Waals surface area contributed by atoms with Crippen LogP contribution in [0.3, 0.4) is 0 Å². The van der Waals surface area contributed by atoms with Gasteiger partial charge in [0.2, 0.25) is 5.91 Å². The Morgan fingerprint density at radius 3 is 2.33 bits per heavy atom. The number of carbonyl (C=O) groups excluding carboxylic acids is 2. The molecule has 0 radical (unpaired) electrons. The average Bonchev–Trinajstić information content (AvgIpc) is 2.57. The molecule has 126 valence electrons. The van der Waals surface area contributed by atoms with Gasteiger partial charge in [-0.05, 0) is 36.2 Å². The maximum absolute atomic E-state index is 11.9. The van der Waals surface area contributed by atoms with Crippen molar-refractivity contribution >= 4 is 33.6 Å². The van der Waals surface area contributed by atoms with Gasteiger partial charge in [-0.3, -0.25) is 10.1 Å². The lowest BCUT2D eigenvalue weighted by Gasteiger charge is -2.17. The maximum atomic E-state index is 11.9. The zero-order valence-electron chi connectivity index (χ0n) is 13.4. The Labute approximate surface area is 150 Å². The number of rotatable bonds is 6. The second-order valence-corrected chi connectivity index (χ2v) is 6.18. The Bertz CT molecular complexity index is 674. The lowest BCUT2D eigenvalue weighted by Crippen LogP contribution is -2.40. The predicted octanol–water partition coefficient (Wildman–Crippen LogP) is 3.84. The van der Waals surface area contributed by atoms with E-state index in [9.17, 15) is 9.59 Å². The number of para-hydroxylation sites is 1. The van der Waals surface area contributed by atoms with E-state index < -0.39 is 6.03 Å². The minimum Gasteiger partial charge on any atom is -0.308 e. The average molecular weight is 390 g/mol. The van der Waals surface area contributed by atoms with E-state index in [0.717, 1.165) is 16.5 Å². The van der Waals surface area contributed by atoms with E-state index in [2.05, 4.69) is 31.9 Å². The van der Waals surface area contributed by atoms with Crippen molar-refractivity contribution in [2.24, 2.45) is 0 Å². The summed E-state index contributed by atoms with van der Waals surface area (Å²) in [6, 6.07) is 16.4. The van der Waals surface area contributed by atoms with Crippen LogP contribution in [0.4, 0.5) is 10.5 Å². The molecule has 2 aromatic rings. The first-order valence-electron chi connectivity index (χ1n) is 7.73. The van der Waals surface area contributed by atoms with E-state index in [0.29, 0.717) is 5.69 Å². The van der Waals surface area contributed by atoms with Crippen LogP contribution in [0.5, 0.6) is 0 Å². The normalized spacial score (nSPS) is 11.6. The van der Waals surface area contributed by atoms with Crippen molar-refractivity contribution in [3.63, 3.8) is 0 Å². The number of anilines is 1. The highest BCUT2D eigenvalue weighted by Gasteiger charge is 2.12. The van der Waals surface area contributed by atoms with Crippen LogP contribution in [-0.2, 0) is 4.79 Å². The molecule has 5 nitrogen and oxygen atoms in total. The third kappa shape index (κ3) is 5.79. The Morgan fingerprint density at radius 2 is 1.71 bits per heavy atom. The number of halogens is 1. The number of carbonyl (C=O) groups is 2. The van der Waals surface area contributed by atoms with Crippen molar-refractivity contribution in [2.75, 3.05) is 11.9 Å². The SMILES string of the molecule is CC[C@@H](NCC(=O)NC(=O)Nc1ccccc1)c1ccc(Br)cc1. The minimum absolute atomic E-state index is 0.0565. The van der Waals surface area contributed by atoms with Gasteiger partial charge in [0.05, 0.1) is 6.54 Å². The molecule has 0 aliphatic carbocycles. The molecule has 3 amide bonds. The van der Waals surface area contributed by atoms with Crippen LogP contribution in [0.15, 0.2) is 59.1 Å². The monoisotopic (exact) mass is 389 g/mol. The Kier molecular flexibility index (Phi) is 6.96. The van der Waals surface area contributed by atoms with Crippen LogP contribution in [0.25, 0.3) is 0 Å². The highest BCUT2D eigenvalue weighted by molar-refractivity contribution is 9.10. The maximum Gasteiger partial charge on any atom is 0.325 e. The zero-order chi connectivity index (χ0) is 17.4. The van der Waals surface area contributed by atoms with Crippen LogP contribution in [0.1, 0.15) is 24.9 Å². The van der Waals surface area contributed by atoms with Crippen LogP contribution >= 0.6 is 15.9 Å². The highest BCUT2D eigenvalue weighted by Crippen LogP contribution is 2.19. The summed E-state index contributed by atoms with van der Waals surface area (Å²) in [6.07, 6.45) is 0.838. The van der Waals surface area contributed by atoms with Crippen molar-refractivity contribution in [1.29, 1.82) is 0 Å². The number of hydrogen-bond acceptors (Lipinski definition) is 3. The second kappa shape index (κ2) is 9.20. The first-order chi connectivity index (χ1) is 11.6. The number of urea groups is 1. The fourth-order valence-electron chi connectivity index (χ4n) is 2.26. The molecule has 3 N–H and O–H groups in total. The van der Waals surface area contributed by atoms with Gasteiger partial charge in [-0.15, -0.1) is 0 Å². The van der Waals surface area contributed by atoms with E-state index in [-0.39, 0.29) is 18.5 Å². The van der Waals surface area contributed by atoms with Crippen molar-refractivity contribution < 1.29 is 9.59 Å². The van der Waals surface area contributed by atoms with Gasteiger partial charge in [0.25, 0.3) is 0 Å². The Hall–Kier alpha value is -2.18. The Balaban J connectivity index is 1.81. The molecule has 0 aromatic heterocycles. The molecule has 0 aliphatic heterocycles. The van der Waals surface area contributed by atoms with Gasteiger partial charge in [0, 0.05) is 16.2 Å². The number of benzene rings is 2. The molecule has 0 saturated carbocycles. The molecule has 0 aliphatic rings. The van der Waals surface area contributed by atoms with Gasteiger partial charge in [-0.2, -0.15) is 0 Å². The summed E-state index contributed by atoms with van der Waals surface area (Å²) >= 11 is 3.40. The molecule has 24 heavy (non-hydrogen) atoms. The third-order valence-corrected chi connectivity index (χ3v) is 4.00. The number of nitrogens with one attached hydrogen (secondary N) is 3. The molecule has 0 saturated heterocycles. The standard InChI is InChI=1S/C18H20BrN3O2/c1-2-16(13-8-10-14(19)11-9-13)20-12-17(23)22-18(24)21-15-6-4-3-5-7-15/h3-11,16,20H,2,12H2,1H3,(H2,21,22,23,24)/t16-/m1/s1. The highest BCUT2D eigenvalue weighted by atomic mass is 79.9. The molecule has 2 aromatic carbocycles. The molecule has 1 atom stereocenters. The summed E-state index contributed by atoms with van der Waals surface area (Å²) in [4.78, 5) is 23.7. The van der Waals surface area contributed by atoms with Gasteiger partial charge < -0.3 is 10.6 Å². The number of hydrogen-bond donors (Lipinski definition) is 3. The number of amides is 3. The van der Waals surface area contributed by atoms with Gasteiger partial charge in [0.15, 0.2) is 0 Å². The largest absolute Gasteiger partial charge is 0.325 e. The molecule has 0 spiro atoms. The zero-order valence-corrected chi connectivity index (χ0v) is 15.0. The van der Waals surface area contributed by atoms with E-state index in [1.165, 1.54) is 0 Å². The van der Waals surface area contributed by atoms with Crippen molar-refractivity contribution in [3.8, 4) is 0 Å². The molecule has 2 rings (SSSR count). The molecule has 0 unspecified atom stereocenters. The van der Waals surface area contributed by atoms with Crippen LogP contribution < -0.4 is 16.0 Å². The summed E-state index contributed by atoms with van der Waals surface area (Å²) in [5.41, 5.74) is 1.74. The van der Waals surface area contributed by atoms with E-state index in [4.69, 9.17) is 0 Å². The summed E-state index contributed by atoms with van der Waals surface area (Å²) in [6.45, 7) is 2.11. The fourth-order valence-corrected chi connectivity index (χ4v) is 2.53.